The largest absolute Gasteiger partial charge is 0.384 e. The minimum atomic E-state index is -0.183. The van der Waals surface area contributed by atoms with E-state index in [2.05, 4.69) is 22.1 Å². The van der Waals surface area contributed by atoms with E-state index >= 15 is 0 Å². The van der Waals surface area contributed by atoms with Crippen molar-refractivity contribution in [3.8, 4) is 11.8 Å². The summed E-state index contributed by atoms with van der Waals surface area (Å²) in [6.45, 7) is 1.42. The molecule has 1 aromatic heterocycles. The highest BCUT2D eigenvalue weighted by Crippen LogP contribution is 2.11. The number of amides is 2. The van der Waals surface area contributed by atoms with Gasteiger partial charge in [-0.1, -0.05) is 11.8 Å². The molecule has 1 saturated heterocycles. The Morgan fingerprint density at radius 1 is 1.42 bits per heavy atom. The molecule has 5 heteroatoms. The van der Waals surface area contributed by atoms with Crippen molar-refractivity contribution in [2.24, 2.45) is 0 Å². The number of aromatic nitrogens is 1. The summed E-state index contributed by atoms with van der Waals surface area (Å²) in [4.78, 5) is 17.9. The first-order chi connectivity index (χ1) is 9.29. The van der Waals surface area contributed by atoms with Gasteiger partial charge in [-0.3, -0.25) is 5.32 Å². The van der Waals surface area contributed by atoms with Crippen LogP contribution in [0.1, 0.15) is 24.8 Å². The molecular formula is C14H17N3O2. The van der Waals surface area contributed by atoms with Gasteiger partial charge in [0.05, 0.1) is 0 Å². The van der Waals surface area contributed by atoms with Crippen LogP contribution in [0, 0.1) is 11.8 Å². The number of nitrogens with zero attached hydrogens (tertiary/aromatic N) is 2. The van der Waals surface area contributed by atoms with Crippen molar-refractivity contribution in [3.63, 3.8) is 0 Å². The summed E-state index contributed by atoms with van der Waals surface area (Å²) in [5, 5.41) is 11.4. The minimum Gasteiger partial charge on any atom is -0.384 e. The summed E-state index contributed by atoms with van der Waals surface area (Å²) in [6, 6.07) is 3.32. The van der Waals surface area contributed by atoms with Crippen molar-refractivity contribution >= 4 is 11.8 Å². The summed E-state index contributed by atoms with van der Waals surface area (Å²) >= 11 is 0. The molecule has 1 aliphatic heterocycles. The highest BCUT2D eigenvalue weighted by atomic mass is 16.2. The lowest BCUT2D eigenvalue weighted by molar-refractivity contribution is 0.200. The molecule has 19 heavy (non-hydrogen) atoms. The standard InChI is InChI=1S/C14H17N3O2/c18-10-4-5-12-6-7-15-13(11-12)16-14(19)17-8-2-1-3-9-17/h6-7,11,18H,1-3,8-10H2,(H,15,16,19). The van der Waals surface area contributed by atoms with Crippen molar-refractivity contribution in [2.75, 3.05) is 25.0 Å². The van der Waals surface area contributed by atoms with E-state index in [1.54, 1.807) is 23.2 Å². The SMILES string of the molecule is O=C(Nc1cc(C#CCO)ccn1)N1CCCCC1. The first-order valence-electron chi connectivity index (χ1n) is 6.41. The van der Waals surface area contributed by atoms with Gasteiger partial charge in [-0.15, -0.1) is 0 Å². The lowest BCUT2D eigenvalue weighted by Crippen LogP contribution is -2.38. The zero-order chi connectivity index (χ0) is 13.5. The van der Waals surface area contributed by atoms with Gasteiger partial charge in [0.1, 0.15) is 12.4 Å². The molecule has 0 spiro atoms. The molecule has 0 aliphatic carbocycles. The molecule has 0 bridgehead atoms. The fraction of sp³-hybridized carbons (Fsp3) is 0.429. The van der Waals surface area contributed by atoms with Crippen molar-refractivity contribution < 1.29 is 9.90 Å². The molecule has 0 unspecified atom stereocenters. The second kappa shape index (κ2) is 6.76. The Bertz CT molecular complexity index is 499. The van der Waals surface area contributed by atoms with Crippen molar-refractivity contribution in [1.82, 2.24) is 9.88 Å². The summed E-state index contributed by atoms with van der Waals surface area (Å²) in [6.07, 6.45) is 4.90. The number of urea groups is 1. The molecule has 0 atom stereocenters. The molecule has 0 radical (unpaired) electrons. The second-order valence-corrected chi connectivity index (χ2v) is 4.37. The fourth-order valence-corrected chi connectivity index (χ4v) is 2.00. The van der Waals surface area contributed by atoms with Crippen LogP contribution in [0.25, 0.3) is 0 Å². The van der Waals surface area contributed by atoms with Gasteiger partial charge in [0.2, 0.25) is 0 Å². The van der Waals surface area contributed by atoms with Crippen LogP contribution in [0.2, 0.25) is 0 Å². The van der Waals surface area contributed by atoms with Crippen LogP contribution in [0.15, 0.2) is 18.3 Å². The molecule has 1 fully saturated rings. The van der Waals surface area contributed by atoms with Crippen LogP contribution in [0.4, 0.5) is 10.6 Å². The van der Waals surface area contributed by atoms with Gasteiger partial charge >= 0.3 is 6.03 Å². The molecule has 2 amide bonds. The monoisotopic (exact) mass is 259 g/mol. The molecule has 5 nitrogen and oxygen atoms in total. The van der Waals surface area contributed by atoms with E-state index in [-0.39, 0.29) is 12.6 Å². The Balaban J connectivity index is 1.99. The van der Waals surface area contributed by atoms with E-state index in [9.17, 15) is 4.79 Å². The number of anilines is 1. The van der Waals surface area contributed by atoms with Crippen LogP contribution < -0.4 is 5.32 Å². The first-order valence-corrected chi connectivity index (χ1v) is 6.41. The molecule has 100 valence electrons. The highest BCUT2D eigenvalue weighted by molar-refractivity contribution is 5.88. The molecule has 2 rings (SSSR count). The quantitative estimate of drug-likeness (QED) is 0.750. The van der Waals surface area contributed by atoms with E-state index < -0.39 is 0 Å². The Morgan fingerprint density at radius 2 is 2.21 bits per heavy atom. The van der Waals surface area contributed by atoms with Crippen LogP contribution in [0.5, 0.6) is 0 Å². The van der Waals surface area contributed by atoms with Crippen molar-refractivity contribution in [2.45, 2.75) is 19.3 Å². The number of likely N-dealkylation sites (tertiary alicyclic amines) is 1. The number of aliphatic hydroxyl groups excluding tert-OH is 1. The minimum absolute atomic E-state index is 0.112. The van der Waals surface area contributed by atoms with Gasteiger partial charge in [0.15, 0.2) is 0 Å². The van der Waals surface area contributed by atoms with E-state index in [1.165, 1.54) is 6.42 Å². The van der Waals surface area contributed by atoms with Gasteiger partial charge in [0, 0.05) is 24.8 Å². The average Bonchev–Trinajstić information content (AvgIpc) is 2.46. The van der Waals surface area contributed by atoms with Crippen LogP contribution in [-0.4, -0.2) is 40.7 Å². The number of rotatable bonds is 1. The predicted octanol–water partition coefficient (Wildman–Crippen LogP) is 1.44. The Labute approximate surface area is 112 Å². The van der Waals surface area contributed by atoms with Gasteiger partial charge in [-0.05, 0) is 31.4 Å². The van der Waals surface area contributed by atoms with Crippen LogP contribution in [0.3, 0.4) is 0 Å². The normalized spacial score (nSPS) is 14.5. The lowest BCUT2D eigenvalue weighted by Gasteiger charge is -2.26. The third kappa shape index (κ3) is 3.97. The van der Waals surface area contributed by atoms with Gasteiger partial charge in [-0.25, -0.2) is 9.78 Å². The Hall–Kier alpha value is -2.06. The van der Waals surface area contributed by atoms with Gasteiger partial charge in [-0.2, -0.15) is 0 Å². The number of carbonyl (C=O) groups excluding carboxylic acids is 1. The lowest BCUT2D eigenvalue weighted by atomic mass is 10.1. The summed E-state index contributed by atoms with van der Waals surface area (Å²) in [5.41, 5.74) is 0.720. The first kappa shape index (κ1) is 13.4. The molecule has 2 N–H and O–H groups in total. The number of nitrogens with one attached hydrogen (secondary N) is 1. The van der Waals surface area contributed by atoms with Crippen LogP contribution >= 0.6 is 0 Å². The summed E-state index contributed by atoms with van der Waals surface area (Å²) in [7, 11) is 0. The van der Waals surface area contributed by atoms with E-state index in [0.717, 1.165) is 31.5 Å². The van der Waals surface area contributed by atoms with Gasteiger partial charge < -0.3 is 10.0 Å². The van der Waals surface area contributed by atoms with Crippen molar-refractivity contribution in [3.05, 3.63) is 23.9 Å². The fourth-order valence-electron chi connectivity index (χ4n) is 2.00. The number of piperidine rings is 1. The maximum atomic E-state index is 12.0. The topological polar surface area (TPSA) is 65.5 Å². The molecule has 1 aliphatic rings. The molecule has 2 heterocycles. The molecule has 0 saturated carbocycles. The molecular weight excluding hydrogens is 242 g/mol. The number of aliphatic hydroxyl groups is 1. The highest BCUT2D eigenvalue weighted by Gasteiger charge is 2.16. The number of hydrogen-bond donors (Lipinski definition) is 2. The number of hydrogen-bond acceptors (Lipinski definition) is 3. The Morgan fingerprint density at radius 3 is 2.95 bits per heavy atom. The van der Waals surface area contributed by atoms with Crippen LogP contribution in [-0.2, 0) is 0 Å². The predicted molar refractivity (Wildman–Crippen MR) is 72.6 cm³/mol. The maximum Gasteiger partial charge on any atom is 0.323 e. The number of pyridine rings is 1. The molecule has 1 aromatic rings. The zero-order valence-corrected chi connectivity index (χ0v) is 10.7. The third-order valence-corrected chi connectivity index (χ3v) is 2.95. The van der Waals surface area contributed by atoms with E-state index in [4.69, 9.17) is 5.11 Å². The zero-order valence-electron chi connectivity index (χ0n) is 10.7. The Kier molecular flexibility index (Phi) is 4.76. The van der Waals surface area contributed by atoms with Gasteiger partial charge in [0.25, 0.3) is 0 Å². The van der Waals surface area contributed by atoms with Crippen molar-refractivity contribution in [1.29, 1.82) is 0 Å². The summed E-state index contributed by atoms with van der Waals surface area (Å²) < 4.78 is 0. The smallest absolute Gasteiger partial charge is 0.323 e. The average molecular weight is 259 g/mol. The van der Waals surface area contributed by atoms with E-state index in [0.29, 0.717) is 5.82 Å². The third-order valence-electron chi connectivity index (χ3n) is 2.95. The second-order valence-electron chi connectivity index (χ2n) is 4.37. The maximum absolute atomic E-state index is 12.0. The molecule has 0 aromatic carbocycles. The van der Waals surface area contributed by atoms with E-state index in [1.807, 2.05) is 0 Å². The number of carbonyl (C=O) groups is 1. The summed E-state index contributed by atoms with van der Waals surface area (Å²) in [5.74, 6) is 5.83.